The number of anilines is 1. The summed E-state index contributed by atoms with van der Waals surface area (Å²) in [6.07, 6.45) is 0. The highest BCUT2D eigenvalue weighted by Gasteiger charge is 2.16. The molecule has 7 heteroatoms. The monoisotopic (exact) mass is 282 g/mol. The number of hydrogen-bond donors (Lipinski definition) is 2. The normalized spacial score (nSPS) is 12.1. The molecule has 0 bridgehead atoms. The maximum atomic E-state index is 11.9. The first kappa shape index (κ1) is 13.0. The van der Waals surface area contributed by atoms with E-state index in [1.54, 1.807) is 11.3 Å². The molecule has 2 aromatic heterocycles. The minimum absolute atomic E-state index is 0.0102. The molecule has 2 rings (SSSR count). The number of carbonyl (C=O) groups is 1. The van der Waals surface area contributed by atoms with E-state index in [2.05, 4.69) is 20.8 Å². The Morgan fingerprint density at radius 3 is 3.00 bits per heavy atom. The average molecular weight is 282 g/mol. The van der Waals surface area contributed by atoms with Crippen LogP contribution in [-0.4, -0.2) is 22.6 Å². The molecule has 18 heavy (non-hydrogen) atoms. The molecule has 2 heterocycles. The standard InChI is InChI=1S/C11H14N4OS2/c1-3-12-11-15-14-10(18-11)9(16)13-7(2)8-5-4-6-17-8/h4-7H,3H2,1-2H3,(H,12,15)(H,13,16). The first-order chi connectivity index (χ1) is 8.70. The van der Waals surface area contributed by atoms with Gasteiger partial charge in [-0.2, -0.15) is 0 Å². The SMILES string of the molecule is CCNc1nnc(C(=O)NC(C)c2cccs2)s1. The molecule has 0 radical (unpaired) electrons. The molecule has 1 amide bonds. The lowest BCUT2D eigenvalue weighted by Crippen LogP contribution is -2.25. The van der Waals surface area contributed by atoms with Crippen LogP contribution in [0.25, 0.3) is 0 Å². The number of hydrogen-bond acceptors (Lipinski definition) is 6. The van der Waals surface area contributed by atoms with Gasteiger partial charge in [0, 0.05) is 11.4 Å². The number of thiophene rings is 1. The van der Waals surface area contributed by atoms with Crippen LogP contribution in [0.2, 0.25) is 0 Å². The van der Waals surface area contributed by atoms with E-state index in [4.69, 9.17) is 0 Å². The van der Waals surface area contributed by atoms with Crippen molar-refractivity contribution < 1.29 is 4.79 Å². The van der Waals surface area contributed by atoms with E-state index < -0.39 is 0 Å². The molecule has 1 atom stereocenters. The lowest BCUT2D eigenvalue weighted by molar-refractivity contribution is 0.0939. The van der Waals surface area contributed by atoms with Gasteiger partial charge in [-0.15, -0.1) is 21.5 Å². The molecule has 0 saturated heterocycles. The summed E-state index contributed by atoms with van der Waals surface area (Å²) in [7, 11) is 0. The van der Waals surface area contributed by atoms with Gasteiger partial charge in [0.15, 0.2) is 0 Å². The lowest BCUT2D eigenvalue weighted by Gasteiger charge is -2.09. The minimum Gasteiger partial charge on any atom is -0.360 e. The number of aromatic nitrogens is 2. The molecule has 0 spiro atoms. The van der Waals surface area contributed by atoms with E-state index in [0.29, 0.717) is 10.1 Å². The molecule has 0 aliphatic carbocycles. The van der Waals surface area contributed by atoms with Gasteiger partial charge in [0.2, 0.25) is 10.1 Å². The number of nitrogens with zero attached hydrogens (tertiary/aromatic N) is 2. The van der Waals surface area contributed by atoms with Crippen LogP contribution in [0.4, 0.5) is 5.13 Å². The summed E-state index contributed by atoms with van der Waals surface area (Å²) in [5, 5.41) is 16.7. The van der Waals surface area contributed by atoms with Crippen molar-refractivity contribution in [3.05, 3.63) is 27.4 Å². The molecule has 0 aromatic carbocycles. The lowest BCUT2D eigenvalue weighted by atomic mass is 10.3. The van der Waals surface area contributed by atoms with E-state index in [9.17, 15) is 4.79 Å². The fraction of sp³-hybridized carbons (Fsp3) is 0.364. The Kier molecular flexibility index (Phi) is 4.27. The van der Waals surface area contributed by atoms with Crippen molar-refractivity contribution in [2.75, 3.05) is 11.9 Å². The van der Waals surface area contributed by atoms with E-state index in [0.717, 1.165) is 11.4 Å². The topological polar surface area (TPSA) is 66.9 Å². The van der Waals surface area contributed by atoms with Gasteiger partial charge in [-0.05, 0) is 25.3 Å². The minimum atomic E-state index is -0.183. The summed E-state index contributed by atoms with van der Waals surface area (Å²) in [6, 6.07) is 3.96. The fourth-order valence-corrected chi connectivity index (χ4v) is 2.85. The van der Waals surface area contributed by atoms with E-state index in [-0.39, 0.29) is 11.9 Å². The van der Waals surface area contributed by atoms with Gasteiger partial charge < -0.3 is 10.6 Å². The van der Waals surface area contributed by atoms with Crippen molar-refractivity contribution in [1.82, 2.24) is 15.5 Å². The van der Waals surface area contributed by atoms with Crippen LogP contribution in [0, 0.1) is 0 Å². The zero-order valence-electron chi connectivity index (χ0n) is 10.1. The Morgan fingerprint density at radius 1 is 1.50 bits per heavy atom. The summed E-state index contributed by atoms with van der Waals surface area (Å²) in [5.41, 5.74) is 0. The van der Waals surface area contributed by atoms with Crippen molar-refractivity contribution in [2.45, 2.75) is 19.9 Å². The Hall–Kier alpha value is -1.47. The third-order valence-corrected chi connectivity index (χ3v) is 4.20. The van der Waals surface area contributed by atoms with Crippen LogP contribution in [0.3, 0.4) is 0 Å². The molecule has 96 valence electrons. The van der Waals surface area contributed by atoms with E-state index in [1.807, 2.05) is 31.4 Å². The second-order valence-electron chi connectivity index (χ2n) is 3.65. The Morgan fingerprint density at radius 2 is 2.33 bits per heavy atom. The van der Waals surface area contributed by atoms with Crippen molar-refractivity contribution >= 4 is 33.7 Å². The molecular weight excluding hydrogens is 268 g/mol. The van der Waals surface area contributed by atoms with Crippen LogP contribution in [-0.2, 0) is 0 Å². The van der Waals surface area contributed by atoms with Gasteiger partial charge >= 0.3 is 0 Å². The summed E-state index contributed by atoms with van der Waals surface area (Å²) in [4.78, 5) is 13.1. The summed E-state index contributed by atoms with van der Waals surface area (Å²) in [5.74, 6) is -0.183. The predicted molar refractivity (Wildman–Crippen MR) is 74.3 cm³/mol. The second kappa shape index (κ2) is 5.92. The van der Waals surface area contributed by atoms with E-state index in [1.165, 1.54) is 11.3 Å². The zero-order chi connectivity index (χ0) is 13.0. The molecule has 2 N–H and O–H groups in total. The fourth-order valence-electron chi connectivity index (χ4n) is 1.40. The third kappa shape index (κ3) is 3.05. The van der Waals surface area contributed by atoms with Crippen molar-refractivity contribution in [3.8, 4) is 0 Å². The first-order valence-electron chi connectivity index (χ1n) is 5.62. The van der Waals surface area contributed by atoms with Crippen molar-refractivity contribution in [3.63, 3.8) is 0 Å². The van der Waals surface area contributed by atoms with Crippen LogP contribution >= 0.6 is 22.7 Å². The van der Waals surface area contributed by atoms with Gasteiger partial charge in [0.25, 0.3) is 5.91 Å². The quantitative estimate of drug-likeness (QED) is 0.884. The molecule has 2 aromatic rings. The van der Waals surface area contributed by atoms with Gasteiger partial charge in [-0.25, -0.2) is 0 Å². The molecule has 0 aliphatic rings. The third-order valence-electron chi connectivity index (χ3n) is 2.26. The van der Waals surface area contributed by atoms with E-state index >= 15 is 0 Å². The van der Waals surface area contributed by atoms with Crippen LogP contribution in [0.1, 0.15) is 34.6 Å². The highest BCUT2D eigenvalue weighted by atomic mass is 32.1. The van der Waals surface area contributed by atoms with Crippen LogP contribution < -0.4 is 10.6 Å². The van der Waals surface area contributed by atoms with Gasteiger partial charge in [0.05, 0.1) is 6.04 Å². The maximum Gasteiger partial charge on any atom is 0.282 e. The maximum absolute atomic E-state index is 11.9. The summed E-state index contributed by atoms with van der Waals surface area (Å²) < 4.78 is 0. The van der Waals surface area contributed by atoms with Gasteiger partial charge in [-0.1, -0.05) is 17.4 Å². The highest BCUT2D eigenvalue weighted by Crippen LogP contribution is 2.20. The highest BCUT2D eigenvalue weighted by molar-refractivity contribution is 7.17. The number of carbonyl (C=O) groups excluding carboxylic acids is 1. The molecule has 1 unspecified atom stereocenters. The largest absolute Gasteiger partial charge is 0.360 e. The van der Waals surface area contributed by atoms with Gasteiger partial charge in [-0.3, -0.25) is 4.79 Å². The summed E-state index contributed by atoms with van der Waals surface area (Å²) >= 11 is 2.88. The molecule has 5 nitrogen and oxygen atoms in total. The number of rotatable bonds is 5. The molecule has 0 fully saturated rings. The van der Waals surface area contributed by atoms with Crippen molar-refractivity contribution in [2.24, 2.45) is 0 Å². The Labute approximate surface area is 113 Å². The smallest absolute Gasteiger partial charge is 0.282 e. The number of amides is 1. The predicted octanol–water partition coefficient (Wildman–Crippen LogP) is 2.52. The number of nitrogens with one attached hydrogen (secondary N) is 2. The Balaban J connectivity index is 1.98. The molecule has 0 aliphatic heterocycles. The first-order valence-corrected chi connectivity index (χ1v) is 7.32. The van der Waals surface area contributed by atoms with Gasteiger partial charge in [0.1, 0.15) is 0 Å². The zero-order valence-corrected chi connectivity index (χ0v) is 11.8. The average Bonchev–Trinajstić information content (AvgIpc) is 3.00. The van der Waals surface area contributed by atoms with Crippen LogP contribution in [0.5, 0.6) is 0 Å². The van der Waals surface area contributed by atoms with Crippen LogP contribution in [0.15, 0.2) is 17.5 Å². The molecule has 0 saturated carbocycles. The summed E-state index contributed by atoms with van der Waals surface area (Å²) in [6.45, 7) is 4.69. The second-order valence-corrected chi connectivity index (χ2v) is 5.61. The Bertz CT molecular complexity index is 509. The van der Waals surface area contributed by atoms with Crippen molar-refractivity contribution in [1.29, 1.82) is 0 Å². The molecular formula is C11H14N4OS2.